The Bertz CT molecular complexity index is 635. The van der Waals surface area contributed by atoms with Crippen molar-refractivity contribution in [3.05, 3.63) is 69.2 Å². The first-order chi connectivity index (χ1) is 10.2. The van der Waals surface area contributed by atoms with Gasteiger partial charge in [-0.15, -0.1) is 0 Å². The van der Waals surface area contributed by atoms with Crippen molar-refractivity contribution in [2.75, 3.05) is 7.05 Å². The lowest BCUT2D eigenvalue weighted by atomic mass is 9.76. The quantitative estimate of drug-likeness (QED) is 0.776. The minimum atomic E-state index is 0.150. The number of hydrogen-bond donors (Lipinski definition) is 1. The van der Waals surface area contributed by atoms with Gasteiger partial charge in [0.1, 0.15) is 0 Å². The van der Waals surface area contributed by atoms with Crippen molar-refractivity contribution < 1.29 is 0 Å². The molecule has 3 rings (SSSR count). The lowest BCUT2D eigenvalue weighted by Gasteiger charge is -2.30. The first kappa shape index (κ1) is 14.9. The van der Waals surface area contributed by atoms with Gasteiger partial charge in [-0.25, -0.2) is 0 Å². The van der Waals surface area contributed by atoms with Gasteiger partial charge in [0.05, 0.1) is 16.1 Å². The van der Waals surface area contributed by atoms with Crippen molar-refractivity contribution >= 4 is 23.2 Å². The lowest BCUT2D eigenvalue weighted by molar-refractivity contribution is 0.415. The Morgan fingerprint density at radius 3 is 2.43 bits per heavy atom. The van der Waals surface area contributed by atoms with Gasteiger partial charge in [-0.2, -0.15) is 0 Å². The van der Waals surface area contributed by atoms with Crippen molar-refractivity contribution in [2.45, 2.75) is 31.2 Å². The highest BCUT2D eigenvalue weighted by Gasteiger charge is 2.25. The van der Waals surface area contributed by atoms with Gasteiger partial charge in [0, 0.05) is 0 Å². The molecule has 0 aliphatic heterocycles. The number of halogens is 2. The van der Waals surface area contributed by atoms with Crippen molar-refractivity contribution in [1.29, 1.82) is 0 Å². The number of nitrogens with one attached hydrogen (secondary N) is 1. The summed E-state index contributed by atoms with van der Waals surface area (Å²) in [5.74, 6) is 0.708. The van der Waals surface area contributed by atoms with E-state index in [1.54, 1.807) is 0 Å². The Kier molecular flexibility index (Phi) is 4.54. The molecule has 1 atom stereocenters. The van der Waals surface area contributed by atoms with Crippen LogP contribution in [0.4, 0.5) is 0 Å². The normalized spacial score (nSPS) is 16.5. The summed E-state index contributed by atoms with van der Waals surface area (Å²) in [4.78, 5) is 0. The van der Waals surface area contributed by atoms with E-state index < -0.39 is 0 Å². The van der Waals surface area contributed by atoms with Crippen LogP contribution in [0, 0.1) is 0 Å². The molecule has 110 valence electrons. The second kappa shape index (κ2) is 6.39. The Morgan fingerprint density at radius 2 is 1.81 bits per heavy atom. The van der Waals surface area contributed by atoms with E-state index in [4.69, 9.17) is 23.2 Å². The van der Waals surface area contributed by atoms with Gasteiger partial charge in [-0.3, -0.25) is 0 Å². The maximum Gasteiger partial charge on any atom is 0.0595 e. The van der Waals surface area contributed by atoms with E-state index in [1.165, 1.54) is 30.4 Å². The first-order valence-electron chi connectivity index (χ1n) is 7.41. The van der Waals surface area contributed by atoms with E-state index in [0.29, 0.717) is 16.0 Å². The third kappa shape index (κ3) is 2.96. The van der Waals surface area contributed by atoms with Crippen LogP contribution < -0.4 is 5.32 Å². The third-order valence-electron chi connectivity index (χ3n) is 4.42. The number of rotatable bonds is 4. The topological polar surface area (TPSA) is 12.0 Å². The van der Waals surface area contributed by atoms with Crippen molar-refractivity contribution in [2.24, 2.45) is 0 Å². The van der Waals surface area contributed by atoms with E-state index in [1.807, 2.05) is 25.2 Å². The zero-order chi connectivity index (χ0) is 14.8. The predicted octanol–water partition coefficient (Wildman–Crippen LogP) is 5.57. The molecule has 0 saturated heterocycles. The summed E-state index contributed by atoms with van der Waals surface area (Å²) in [7, 11) is 1.99. The molecule has 0 spiro atoms. The molecule has 0 amide bonds. The average molecular weight is 320 g/mol. The average Bonchev–Trinajstić information content (AvgIpc) is 2.43. The predicted molar refractivity (Wildman–Crippen MR) is 90.4 cm³/mol. The first-order valence-corrected chi connectivity index (χ1v) is 8.17. The van der Waals surface area contributed by atoms with Gasteiger partial charge in [0.2, 0.25) is 0 Å². The molecule has 0 aromatic heterocycles. The molecule has 21 heavy (non-hydrogen) atoms. The van der Waals surface area contributed by atoms with Gasteiger partial charge in [-0.1, -0.05) is 60.0 Å². The van der Waals surface area contributed by atoms with Crippen LogP contribution in [0.1, 0.15) is 47.9 Å². The molecular weight excluding hydrogens is 301 g/mol. The number of benzene rings is 2. The van der Waals surface area contributed by atoms with E-state index in [9.17, 15) is 0 Å². The molecule has 0 heterocycles. The minimum Gasteiger partial charge on any atom is -0.309 e. The molecule has 1 saturated carbocycles. The summed E-state index contributed by atoms with van der Waals surface area (Å²) >= 11 is 12.2. The van der Waals surface area contributed by atoms with Crippen LogP contribution in [0.3, 0.4) is 0 Å². The van der Waals surface area contributed by atoms with Crippen molar-refractivity contribution in [3.63, 3.8) is 0 Å². The molecule has 2 aromatic carbocycles. The largest absolute Gasteiger partial charge is 0.309 e. The monoisotopic (exact) mass is 319 g/mol. The summed E-state index contributed by atoms with van der Waals surface area (Å²) in [6.07, 6.45) is 3.94. The highest BCUT2D eigenvalue weighted by Crippen LogP contribution is 2.40. The van der Waals surface area contributed by atoms with E-state index in [0.717, 1.165) is 5.56 Å². The smallest absolute Gasteiger partial charge is 0.0595 e. The SMILES string of the molecule is CNC(c1ccc(Cl)c(Cl)c1)c1ccccc1C1CCC1. The second-order valence-electron chi connectivity index (χ2n) is 5.65. The van der Waals surface area contributed by atoms with Crippen LogP contribution in [0.2, 0.25) is 10.0 Å². The summed E-state index contributed by atoms with van der Waals surface area (Å²) in [6, 6.07) is 14.8. The Hall–Kier alpha value is -1.02. The molecule has 1 aliphatic carbocycles. The highest BCUT2D eigenvalue weighted by atomic mass is 35.5. The molecule has 3 heteroatoms. The van der Waals surface area contributed by atoms with Crippen LogP contribution in [0.15, 0.2) is 42.5 Å². The molecule has 0 radical (unpaired) electrons. The van der Waals surface area contributed by atoms with Crippen LogP contribution in [-0.2, 0) is 0 Å². The zero-order valence-corrected chi connectivity index (χ0v) is 13.6. The summed E-state index contributed by atoms with van der Waals surface area (Å²) < 4.78 is 0. The Morgan fingerprint density at radius 1 is 1.05 bits per heavy atom. The van der Waals surface area contributed by atoms with E-state index in [-0.39, 0.29) is 6.04 Å². The fraction of sp³-hybridized carbons (Fsp3) is 0.333. The van der Waals surface area contributed by atoms with Gasteiger partial charge in [-0.05, 0) is 54.6 Å². The zero-order valence-electron chi connectivity index (χ0n) is 12.1. The third-order valence-corrected chi connectivity index (χ3v) is 5.16. The summed E-state index contributed by atoms with van der Waals surface area (Å²) in [5.41, 5.74) is 3.97. The molecule has 2 aromatic rings. The van der Waals surface area contributed by atoms with E-state index in [2.05, 4.69) is 29.6 Å². The molecule has 0 bridgehead atoms. The highest BCUT2D eigenvalue weighted by molar-refractivity contribution is 6.42. The Labute approximate surface area is 136 Å². The summed E-state index contributed by atoms with van der Waals surface area (Å²) in [6.45, 7) is 0. The fourth-order valence-corrected chi connectivity index (χ4v) is 3.37. The molecule has 1 fully saturated rings. The van der Waals surface area contributed by atoms with Gasteiger partial charge in [0.25, 0.3) is 0 Å². The van der Waals surface area contributed by atoms with Crippen molar-refractivity contribution in [1.82, 2.24) is 5.32 Å². The minimum absolute atomic E-state index is 0.150. The molecule has 1 unspecified atom stereocenters. The summed E-state index contributed by atoms with van der Waals surface area (Å²) in [5, 5.41) is 4.63. The van der Waals surface area contributed by atoms with Gasteiger partial charge >= 0.3 is 0 Å². The maximum atomic E-state index is 6.18. The van der Waals surface area contributed by atoms with Gasteiger partial charge < -0.3 is 5.32 Å². The second-order valence-corrected chi connectivity index (χ2v) is 6.47. The van der Waals surface area contributed by atoms with Crippen molar-refractivity contribution in [3.8, 4) is 0 Å². The van der Waals surface area contributed by atoms with Crippen LogP contribution >= 0.6 is 23.2 Å². The lowest BCUT2D eigenvalue weighted by Crippen LogP contribution is -2.21. The number of hydrogen-bond acceptors (Lipinski definition) is 1. The molecule has 1 nitrogen and oxygen atoms in total. The van der Waals surface area contributed by atoms with Crippen LogP contribution in [0.25, 0.3) is 0 Å². The van der Waals surface area contributed by atoms with Crippen LogP contribution in [0.5, 0.6) is 0 Å². The molecule has 1 aliphatic rings. The standard InChI is InChI=1S/C18H19Cl2N/c1-21-18(13-9-10-16(19)17(20)11-13)15-8-3-2-7-14(15)12-5-4-6-12/h2-3,7-12,18,21H,4-6H2,1H3. The molecular formula is C18H19Cl2N. The van der Waals surface area contributed by atoms with Crippen LogP contribution in [-0.4, -0.2) is 7.05 Å². The molecule has 1 N–H and O–H groups in total. The van der Waals surface area contributed by atoms with Gasteiger partial charge in [0.15, 0.2) is 0 Å². The fourth-order valence-electron chi connectivity index (χ4n) is 3.06. The maximum absolute atomic E-state index is 6.18. The Balaban J connectivity index is 2.01. The van der Waals surface area contributed by atoms with E-state index >= 15 is 0 Å².